The second-order valence-corrected chi connectivity index (χ2v) is 4.83. The number of likely N-dealkylation sites (tertiary alicyclic amines) is 1. The van der Waals surface area contributed by atoms with E-state index in [2.05, 4.69) is 0 Å². The van der Waals surface area contributed by atoms with Crippen molar-refractivity contribution in [3.63, 3.8) is 0 Å². The SMILES string of the molecule is CC(C)(C)C([NH])C(=O)N1CCCC1. The summed E-state index contributed by atoms with van der Waals surface area (Å²) in [4.78, 5) is 13.6. The van der Waals surface area contributed by atoms with Gasteiger partial charge in [0.25, 0.3) is 0 Å². The van der Waals surface area contributed by atoms with E-state index in [-0.39, 0.29) is 11.3 Å². The monoisotopic (exact) mass is 183 g/mol. The number of hydrogen-bond donors (Lipinski definition) is 0. The van der Waals surface area contributed by atoms with Gasteiger partial charge in [0, 0.05) is 13.1 Å². The van der Waals surface area contributed by atoms with Crippen LogP contribution in [0.25, 0.3) is 0 Å². The molecular formula is C10H19N2O. The van der Waals surface area contributed by atoms with Crippen LogP contribution in [0.4, 0.5) is 0 Å². The molecule has 3 nitrogen and oxygen atoms in total. The van der Waals surface area contributed by atoms with Crippen LogP contribution < -0.4 is 5.73 Å². The van der Waals surface area contributed by atoms with Gasteiger partial charge in [-0.05, 0) is 18.3 Å². The molecule has 1 saturated heterocycles. The zero-order chi connectivity index (χ0) is 10.1. The van der Waals surface area contributed by atoms with Crippen molar-refractivity contribution in [3.8, 4) is 0 Å². The first-order valence-corrected chi connectivity index (χ1v) is 4.93. The van der Waals surface area contributed by atoms with Gasteiger partial charge in [0.2, 0.25) is 5.91 Å². The Hall–Kier alpha value is -0.570. The summed E-state index contributed by atoms with van der Waals surface area (Å²) in [6.45, 7) is 7.53. The lowest BCUT2D eigenvalue weighted by atomic mass is 9.86. The number of amides is 1. The molecule has 1 atom stereocenters. The zero-order valence-corrected chi connectivity index (χ0v) is 8.76. The fourth-order valence-electron chi connectivity index (χ4n) is 1.49. The van der Waals surface area contributed by atoms with Gasteiger partial charge in [-0.1, -0.05) is 20.8 Å². The molecule has 1 N–H and O–H groups in total. The van der Waals surface area contributed by atoms with E-state index in [0.29, 0.717) is 0 Å². The summed E-state index contributed by atoms with van der Waals surface area (Å²) in [5.74, 6) is 0.00463. The predicted molar refractivity (Wildman–Crippen MR) is 52.2 cm³/mol. The molecule has 1 amide bonds. The molecule has 1 fully saturated rings. The molecule has 1 heterocycles. The summed E-state index contributed by atoms with van der Waals surface area (Å²) >= 11 is 0. The molecule has 0 aromatic carbocycles. The first-order valence-electron chi connectivity index (χ1n) is 4.93. The largest absolute Gasteiger partial charge is 0.341 e. The molecule has 0 bridgehead atoms. The van der Waals surface area contributed by atoms with E-state index in [1.54, 1.807) is 0 Å². The molecule has 0 aromatic rings. The van der Waals surface area contributed by atoms with Crippen LogP contribution in [-0.2, 0) is 4.79 Å². The lowest BCUT2D eigenvalue weighted by Crippen LogP contribution is -2.44. The Morgan fingerprint density at radius 2 is 1.77 bits per heavy atom. The number of carbonyl (C=O) groups excluding carboxylic acids is 1. The van der Waals surface area contributed by atoms with Gasteiger partial charge in [-0.25, -0.2) is 5.73 Å². The van der Waals surface area contributed by atoms with Gasteiger partial charge in [0.05, 0.1) is 0 Å². The van der Waals surface area contributed by atoms with Crippen LogP contribution in [0.15, 0.2) is 0 Å². The molecule has 1 unspecified atom stereocenters. The minimum atomic E-state index is -0.606. The molecule has 1 aliphatic rings. The van der Waals surface area contributed by atoms with Crippen LogP contribution in [0.2, 0.25) is 0 Å². The zero-order valence-electron chi connectivity index (χ0n) is 8.76. The van der Waals surface area contributed by atoms with E-state index in [4.69, 9.17) is 5.73 Å². The minimum absolute atomic E-state index is 0.00463. The molecule has 0 aliphatic carbocycles. The lowest BCUT2D eigenvalue weighted by Gasteiger charge is -2.28. The molecule has 1 aliphatic heterocycles. The Morgan fingerprint density at radius 1 is 1.31 bits per heavy atom. The summed E-state index contributed by atoms with van der Waals surface area (Å²) in [6.07, 6.45) is 2.20. The fourth-order valence-corrected chi connectivity index (χ4v) is 1.49. The van der Waals surface area contributed by atoms with Crippen molar-refractivity contribution < 1.29 is 4.79 Å². The maximum absolute atomic E-state index is 11.7. The number of nitrogens with one attached hydrogen (secondary N) is 1. The maximum atomic E-state index is 11.7. The third-order valence-corrected chi connectivity index (χ3v) is 2.53. The maximum Gasteiger partial charge on any atom is 0.241 e. The van der Waals surface area contributed by atoms with Crippen molar-refractivity contribution in [1.29, 1.82) is 0 Å². The topological polar surface area (TPSA) is 44.1 Å². The fraction of sp³-hybridized carbons (Fsp3) is 0.900. The smallest absolute Gasteiger partial charge is 0.241 e. The first-order chi connectivity index (χ1) is 5.93. The normalized spacial score (nSPS) is 20.5. The van der Waals surface area contributed by atoms with E-state index >= 15 is 0 Å². The molecular weight excluding hydrogens is 164 g/mol. The highest BCUT2D eigenvalue weighted by Gasteiger charge is 2.32. The molecule has 13 heavy (non-hydrogen) atoms. The van der Waals surface area contributed by atoms with Crippen LogP contribution >= 0.6 is 0 Å². The minimum Gasteiger partial charge on any atom is -0.341 e. The first kappa shape index (κ1) is 10.5. The number of hydrogen-bond acceptors (Lipinski definition) is 1. The quantitative estimate of drug-likeness (QED) is 0.604. The van der Waals surface area contributed by atoms with Crippen LogP contribution in [0, 0.1) is 5.41 Å². The summed E-state index contributed by atoms with van der Waals surface area (Å²) in [7, 11) is 0. The molecule has 1 radical (unpaired) electrons. The molecule has 0 spiro atoms. The Balaban J connectivity index is 2.56. The average molecular weight is 183 g/mol. The summed E-state index contributed by atoms with van der Waals surface area (Å²) in [5.41, 5.74) is 7.57. The van der Waals surface area contributed by atoms with Crippen molar-refractivity contribution in [2.75, 3.05) is 13.1 Å². The lowest BCUT2D eigenvalue weighted by molar-refractivity contribution is -0.134. The second kappa shape index (κ2) is 3.66. The number of nitrogens with zero attached hydrogens (tertiary/aromatic N) is 1. The van der Waals surface area contributed by atoms with Crippen LogP contribution in [0.3, 0.4) is 0 Å². The standard InChI is InChI=1S/C10H19N2O/c1-10(2,3)8(11)9(13)12-6-4-5-7-12/h8,11H,4-7H2,1-3H3. The van der Waals surface area contributed by atoms with Gasteiger partial charge in [-0.2, -0.15) is 0 Å². The summed E-state index contributed by atoms with van der Waals surface area (Å²) in [6, 6.07) is -0.606. The Kier molecular flexibility index (Phi) is 2.96. The van der Waals surface area contributed by atoms with E-state index in [1.165, 1.54) is 0 Å². The highest BCUT2D eigenvalue weighted by Crippen LogP contribution is 2.21. The summed E-state index contributed by atoms with van der Waals surface area (Å²) in [5, 5.41) is 0. The third kappa shape index (κ3) is 2.44. The Bertz CT molecular complexity index is 190. The number of carbonyl (C=O) groups is 1. The predicted octanol–water partition coefficient (Wildman–Crippen LogP) is 1.31. The van der Waals surface area contributed by atoms with Crippen molar-refractivity contribution in [3.05, 3.63) is 0 Å². The molecule has 1 rings (SSSR count). The highest BCUT2D eigenvalue weighted by molar-refractivity contribution is 5.82. The van der Waals surface area contributed by atoms with Crippen molar-refractivity contribution in [2.24, 2.45) is 5.41 Å². The second-order valence-electron chi connectivity index (χ2n) is 4.83. The van der Waals surface area contributed by atoms with Crippen molar-refractivity contribution >= 4 is 5.91 Å². The molecule has 0 saturated carbocycles. The van der Waals surface area contributed by atoms with Crippen molar-refractivity contribution in [2.45, 2.75) is 39.7 Å². The molecule has 0 aromatic heterocycles. The van der Waals surface area contributed by atoms with Gasteiger partial charge in [0.1, 0.15) is 6.04 Å². The Morgan fingerprint density at radius 3 is 2.15 bits per heavy atom. The van der Waals surface area contributed by atoms with Crippen molar-refractivity contribution in [1.82, 2.24) is 10.6 Å². The highest BCUT2D eigenvalue weighted by atomic mass is 16.2. The van der Waals surface area contributed by atoms with Crippen LogP contribution in [-0.4, -0.2) is 29.9 Å². The van der Waals surface area contributed by atoms with E-state index in [9.17, 15) is 4.79 Å². The van der Waals surface area contributed by atoms with Gasteiger partial charge in [-0.15, -0.1) is 0 Å². The summed E-state index contributed by atoms with van der Waals surface area (Å²) < 4.78 is 0. The number of rotatable bonds is 1. The van der Waals surface area contributed by atoms with Gasteiger partial charge >= 0.3 is 0 Å². The van der Waals surface area contributed by atoms with E-state index in [1.807, 2.05) is 25.7 Å². The average Bonchev–Trinajstić information content (AvgIpc) is 2.51. The third-order valence-electron chi connectivity index (χ3n) is 2.53. The van der Waals surface area contributed by atoms with E-state index in [0.717, 1.165) is 25.9 Å². The van der Waals surface area contributed by atoms with Crippen LogP contribution in [0.1, 0.15) is 33.6 Å². The van der Waals surface area contributed by atoms with E-state index < -0.39 is 6.04 Å². The van der Waals surface area contributed by atoms with Gasteiger partial charge in [-0.3, -0.25) is 4.79 Å². The molecule has 3 heteroatoms. The van der Waals surface area contributed by atoms with Gasteiger partial charge < -0.3 is 4.90 Å². The Labute approximate surface area is 80.3 Å². The molecule has 75 valence electrons. The van der Waals surface area contributed by atoms with Crippen LogP contribution in [0.5, 0.6) is 0 Å². The van der Waals surface area contributed by atoms with Gasteiger partial charge in [0.15, 0.2) is 0 Å².